The molecule has 0 aromatic carbocycles. The summed E-state index contributed by atoms with van der Waals surface area (Å²) in [5.74, 6) is 0.217. The van der Waals surface area contributed by atoms with Gasteiger partial charge >= 0.3 is 0 Å². The van der Waals surface area contributed by atoms with E-state index in [2.05, 4.69) is 0 Å². The molecule has 0 saturated heterocycles. The molecular weight excluding hydrogens is 164 g/mol. The number of sulfonamides is 1. The van der Waals surface area contributed by atoms with Crippen LogP contribution in [0.5, 0.6) is 0 Å². The molecule has 0 bridgehead atoms. The minimum atomic E-state index is -3.03. The lowest BCUT2D eigenvalue weighted by Crippen LogP contribution is -2.32. The van der Waals surface area contributed by atoms with Crippen LogP contribution in [0.15, 0.2) is 0 Å². The molecule has 0 heterocycles. The van der Waals surface area contributed by atoms with E-state index in [0.717, 1.165) is 0 Å². The maximum absolute atomic E-state index is 10.9. The summed E-state index contributed by atoms with van der Waals surface area (Å²) in [4.78, 5) is 0. The molecule has 0 saturated carbocycles. The highest BCUT2D eigenvalue weighted by Gasteiger charge is 2.12. The lowest BCUT2D eigenvalue weighted by Gasteiger charge is -2.17. The maximum atomic E-state index is 10.9. The van der Waals surface area contributed by atoms with Gasteiger partial charge in [0.05, 0.1) is 6.26 Å². The number of nitrogens with two attached hydrogens (primary N) is 1. The topological polar surface area (TPSA) is 63.4 Å². The fraction of sp³-hybridized carbons (Fsp3) is 1.00. The summed E-state index contributed by atoms with van der Waals surface area (Å²) in [6.45, 7) is 2.93. The van der Waals surface area contributed by atoms with Crippen LogP contribution in [0.2, 0.25) is 0 Å². The summed E-state index contributed by atoms with van der Waals surface area (Å²) in [6, 6.07) is 0. The quantitative estimate of drug-likeness (QED) is 0.632. The van der Waals surface area contributed by atoms with Gasteiger partial charge in [0.2, 0.25) is 10.0 Å². The van der Waals surface area contributed by atoms with Crippen LogP contribution >= 0.6 is 0 Å². The first-order valence-corrected chi connectivity index (χ1v) is 5.34. The Morgan fingerprint density at radius 2 is 2.00 bits per heavy atom. The van der Waals surface area contributed by atoms with Gasteiger partial charge in [0.15, 0.2) is 0 Å². The summed E-state index contributed by atoms with van der Waals surface area (Å²) >= 11 is 0. The maximum Gasteiger partial charge on any atom is 0.210 e. The molecule has 0 rings (SSSR count). The zero-order valence-electron chi connectivity index (χ0n) is 7.24. The third kappa shape index (κ3) is 4.34. The van der Waals surface area contributed by atoms with Crippen LogP contribution in [-0.2, 0) is 10.0 Å². The lowest BCUT2D eigenvalue weighted by atomic mass is 10.2. The van der Waals surface area contributed by atoms with Crippen molar-refractivity contribution in [2.45, 2.75) is 6.92 Å². The van der Waals surface area contributed by atoms with Crippen LogP contribution in [0, 0.1) is 5.92 Å². The molecule has 11 heavy (non-hydrogen) atoms. The number of hydrogen-bond donors (Lipinski definition) is 1. The zero-order valence-corrected chi connectivity index (χ0v) is 8.06. The molecule has 0 aromatic rings. The summed E-state index contributed by atoms with van der Waals surface area (Å²) in [6.07, 6.45) is 1.19. The van der Waals surface area contributed by atoms with E-state index in [1.54, 1.807) is 7.05 Å². The lowest BCUT2D eigenvalue weighted by molar-refractivity contribution is 0.408. The zero-order chi connectivity index (χ0) is 9.07. The summed E-state index contributed by atoms with van der Waals surface area (Å²) < 4.78 is 23.0. The second-order valence-corrected chi connectivity index (χ2v) is 4.97. The predicted molar refractivity (Wildman–Crippen MR) is 45.7 cm³/mol. The van der Waals surface area contributed by atoms with E-state index < -0.39 is 10.0 Å². The first-order valence-electron chi connectivity index (χ1n) is 3.49. The van der Waals surface area contributed by atoms with Gasteiger partial charge in [-0.2, -0.15) is 0 Å². The van der Waals surface area contributed by atoms with Gasteiger partial charge in [0, 0.05) is 13.6 Å². The van der Waals surface area contributed by atoms with Crippen molar-refractivity contribution >= 4 is 10.0 Å². The Morgan fingerprint density at radius 3 is 2.27 bits per heavy atom. The van der Waals surface area contributed by atoms with Crippen LogP contribution in [0.25, 0.3) is 0 Å². The highest BCUT2D eigenvalue weighted by molar-refractivity contribution is 7.88. The second kappa shape index (κ2) is 4.04. The average Bonchev–Trinajstić information content (AvgIpc) is 1.85. The minimum absolute atomic E-state index is 0.217. The monoisotopic (exact) mass is 180 g/mol. The van der Waals surface area contributed by atoms with Crippen molar-refractivity contribution in [2.24, 2.45) is 11.7 Å². The van der Waals surface area contributed by atoms with Gasteiger partial charge in [-0.3, -0.25) is 0 Å². The molecule has 0 amide bonds. The van der Waals surface area contributed by atoms with Crippen molar-refractivity contribution in [1.82, 2.24) is 4.31 Å². The fourth-order valence-electron chi connectivity index (χ4n) is 0.649. The van der Waals surface area contributed by atoms with Gasteiger partial charge in [-0.15, -0.1) is 0 Å². The molecule has 0 fully saturated rings. The number of hydrogen-bond acceptors (Lipinski definition) is 3. The minimum Gasteiger partial charge on any atom is -0.330 e. The van der Waals surface area contributed by atoms with E-state index in [9.17, 15) is 8.42 Å². The molecular formula is C6H16N2O2S. The largest absolute Gasteiger partial charge is 0.330 e. The molecule has 1 unspecified atom stereocenters. The Morgan fingerprint density at radius 1 is 1.55 bits per heavy atom. The summed E-state index contributed by atoms with van der Waals surface area (Å²) in [5.41, 5.74) is 5.34. The molecule has 4 nitrogen and oxygen atoms in total. The third-order valence-corrected chi connectivity index (χ3v) is 2.82. The van der Waals surface area contributed by atoms with E-state index >= 15 is 0 Å². The van der Waals surface area contributed by atoms with Crippen molar-refractivity contribution in [2.75, 3.05) is 26.4 Å². The van der Waals surface area contributed by atoms with Crippen molar-refractivity contribution in [3.8, 4) is 0 Å². The van der Waals surface area contributed by atoms with Crippen molar-refractivity contribution in [3.05, 3.63) is 0 Å². The molecule has 0 radical (unpaired) electrons. The van der Waals surface area contributed by atoms with Crippen LogP contribution < -0.4 is 5.73 Å². The van der Waals surface area contributed by atoms with Crippen molar-refractivity contribution in [1.29, 1.82) is 0 Å². The van der Waals surface area contributed by atoms with Gasteiger partial charge in [-0.05, 0) is 12.5 Å². The standard InChI is InChI=1S/C6H16N2O2S/c1-6(4-7)5-8(2)11(3,9)10/h6H,4-5,7H2,1-3H3. The molecule has 5 heteroatoms. The Bertz CT molecular complexity index is 201. The first-order chi connectivity index (χ1) is 4.88. The molecule has 2 N–H and O–H groups in total. The smallest absolute Gasteiger partial charge is 0.210 e. The Kier molecular flexibility index (Phi) is 3.99. The molecule has 0 spiro atoms. The van der Waals surface area contributed by atoms with Gasteiger partial charge in [0.25, 0.3) is 0 Å². The molecule has 0 aliphatic heterocycles. The van der Waals surface area contributed by atoms with E-state index in [1.807, 2.05) is 6.92 Å². The van der Waals surface area contributed by atoms with E-state index in [4.69, 9.17) is 5.73 Å². The average molecular weight is 180 g/mol. The van der Waals surface area contributed by atoms with Gasteiger partial charge in [-0.1, -0.05) is 6.92 Å². The predicted octanol–water partition coefficient (Wildman–Crippen LogP) is -0.527. The molecule has 0 aliphatic carbocycles. The van der Waals surface area contributed by atoms with Crippen LogP contribution in [0.3, 0.4) is 0 Å². The molecule has 1 atom stereocenters. The Labute approximate surface area is 68.4 Å². The van der Waals surface area contributed by atoms with Crippen molar-refractivity contribution < 1.29 is 8.42 Å². The van der Waals surface area contributed by atoms with Crippen LogP contribution in [-0.4, -0.2) is 39.1 Å². The third-order valence-electron chi connectivity index (χ3n) is 1.54. The van der Waals surface area contributed by atoms with Gasteiger partial charge in [0.1, 0.15) is 0 Å². The summed E-state index contributed by atoms with van der Waals surface area (Å²) in [7, 11) is -1.47. The molecule has 68 valence electrons. The van der Waals surface area contributed by atoms with Crippen molar-refractivity contribution in [3.63, 3.8) is 0 Å². The molecule has 0 aliphatic rings. The molecule has 0 aromatic heterocycles. The van der Waals surface area contributed by atoms with Gasteiger partial charge in [-0.25, -0.2) is 12.7 Å². The van der Waals surface area contributed by atoms with Crippen LogP contribution in [0.4, 0.5) is 0 Å². The first kappa shape index (κ1) is 10.9. The highest BCUT2D eigenvalue weighted by Crippen LogP contribution is 1.99. The highest BCUT2D eigenvalue weighted by atomic mass is 32.2. The number of rotatable bonds is 4. The van der Waals surface area contributed by atoms with Crippen LogP contribution in [0.1, 0.15) is 6.92 Å². The normalized spacial score (nSPS) is 15.4. The summed E-state index contributed by atoms with van der Waals surface area (Å²) in [5, 5.41) is 0. The van der Waals surface area contributed by atoms with E-state index in [1.165, 1.54) is 10.6 Å². The SMILES string of the molecule is CC(CN)CN(C)S(C)(=O)=O. The van der Waals surface area contributed by atoms with Gasteiger partial charge < -0.3 is 5.73 Å². The fourth-order valence-corrected chi connectivity index (χ4v) is 1.17. The Balaban J connectivity index is 3.98. The Hall–Kier alpha value is -0.130. The number of nitrogens with zero attached hydrogens (tertiary/aromatic N) is 1. The second-order valence-electron chi connectivity index (χ2n) is 2.88. The van der Waals surface area contributed by atoms with E-state index in [-0.39, 0.29) is 5.92 Å². The van der Waals surface area contributed by atoms with E-state index in [0.29, 0.717) is 13.1 Å².